The molecule has 0 aromatic heterocycles. The Bertz CT molecular complexity index is 440. The van der Waals surface area contributed by atoms with Gasteiger partial charge in [-0.15, -0.1) is 0 Å². The lowest BCUT2D eigenvalue weighted by atomic mass is 9.86. The maximum absolute atomic E-state index is 13.1. The predicted molar refractivity (Wildman–Crippen MR) is 67.0 cm³/mol. The van der Waals surface area contributed by atoms with Crippen LogP contribution in [-0.4, -0.2) is 7.11 Å². The van der Waals surface area contributed by atoms with E-state index in [1.54, 1.807) is 0 Å². The van der Waals surface area contributed by atoms with E-state index >= 15 is 0 Å². The zero-order chi connectivity index (χ0) is 13.3. The third-order valence-corrected chi connectivity index (χ3v) is 3.73. The van der Waals surface area contributed by atoms with Crippen molar-refractivity contribution in [1.82, 2.24) is 0 Å². The van der Waals surface area contributed by atoms with Crippen LogP contribution in [0.15, 0.2) is 12.1 Å². The minimum atomic E-state index is -2.54. The van der Waals surface area contributed by atoms with Crippen molar-refractivity contribution < 1.29 is 13.5 Å². The Morgan fingerprint density at radius 3 is 2.39 bits per heavy atom. The van der Waals surface area contributed by atoms with Crippen LogP contribution in [0.5, 0.6) is 5.75 Å². The van der Waals surface area contributed by atoms with Crippen LogP contribution < -0.4 is 10.5 Å². The maximum atomic E-state index is 13.1. The molecule has 2 nitrogen and oxygen atoms in total. The van der Waals surface area contributed by atoms with Crippen molar-refractivity contribution in [1.29, 1.82) is 0 Å². The van der Waals surface area contributed by atoms with E-state index in [1.807, 2.05) is 13.0 Å². The lowest BCUT2D eigenvalue weighted by Crippen LogP contribution is -2.34. The van der Waals surface area contributed by atoms with Crippen molar-refractivity contribution >= 4 is 0 Å². The summed E-state index contributed by atoms with van der Waals surface area (Å²) in [7, 11) is 1.43. The first kappa shape index (κ1) is 13.3. The van der Waals surface area contributed by atoms with Gasteiger partial charge in [0.25, 0.3) is 6.43 Å². The van der Waals surface area contributed by atoms with E-state index in [0.29, 0.717) is 0 Å². The summed E-state index contributed by atoms with van der Waals surface area (Å²) < 4.78 is 31.3. The highest BCUT2D eigenvalue weighted by Crippen LogP contribution is 2.44. The highest BCUT2D eigenvalue weighted by atomic mass is 19.3. The number of hydrogen-bond acceptors (Lipinski definition) is 2. The molecule has 0 heterocycles. The summed E-state index contributed by atoms with van der Waals surface area (Å²) in [6, 6.07) is 3.36. The summed E-state index contributed by atoms with van der Waals surface area (Å²) >= 11 is 0. The van der Waals surface area contributed by atoms with Crippen LogP contribution in [0, 0.1) is 6.92 Å². The zero-order valence-corrected chi connectivity index (χ0v) is 10.8. The van der Waals surface area contributed by atoms with Crippen LogP contribution in [0.25, 0.3) is 0 Å². The number of rotatable bonds is 3. The molecule has 0 spiro atoms. The Morgan fingerprint density at radius 1 is 1.28 bits per heavy atom. The molecule has 0 bridgehead atoms. The van der Waals surface area contributed by atoms with Crippen LogP contribution >= 0.6 is 0 Å². The molecule has 2 rings (SSSR count). The summed E-state index contributed by atoms with van der Waals surface area (Å²) in [4.78, 5) is 0. The molecule has 1 aromatic carbocycles. The van der Waals surface area contributed by atoms with Crippen molar-refractivity contribution in [3.05, 3.63) is 28.8 Å². The van der Waals surface area contributed by atoms with Gasteiger partial charge in [-0.3, -0.25) is 0 Å². The van der Waals surface area contributed by atoms with E-state index < -0.39 is 12.0 Å². The van der Waals surface area contributed by atoms with E-state index in [0.717, 1.165) is 36.8 Å². The molecule has 1 aliphatic rings. The second-order valence-electron chi connectivity index (χ2n) is 5.10. The molecular formula is C14H19F2NO. The van der Waals surface area contributed by atoms with Crippen LogP contribution in [0.2, 0.25) is 0 Å². The van der Waals surface area contributed by atoms with Gasteiger partial charge in [-0.2, -0.15) is 0 Å². The Labute approximate surface area is 106 Å². The summed E-state index contributed by atoms with van der Waals surface area (Å²) in [5.74, 6) is 0.264. The second-order valence-corrected chi connectivity index (χ2v) is 5.10. The molecule has 0 radical (unpaired) electrons. The van der Waals surface area contributed by atoms with Gasteiger partial charge < -0.3 is 10.5 Å². The lowest BCUT2D eigenvalue weighted by molar-refractivity contribution is 0.146. The zero-order valence-electron chi connectivity index (χ0n) is 10.8. The Morgan fingerprint density at radius 2 is 1.89 bits per heavy atom. The first-order valence-corrected chi connectivity index (χ1v) is 6.24. The van der Waals surface area contributed by atoms with Crippen molar-refractivity contribution in [3.8, 4) is 5.75 Å². The molecule has 0 aliphatic heterocycles. The van der Waals surface area contributed by atoms with Crippen molar-refractivity contribution in [3.63, 3.8) is 0 Å². The van der Waals surface area contributed by atoms with Gasteiger partial charge in [0.05, 0.1) is 12.7 Å². The molecule has 1 saturated carbocycles. The minimum Gasteiger partial charge on any atom is -0.496 e. The van der Waals surface area contributed by atoms with Crippen LogP contribution in [0.1, 0.15) is 48.8 Å². The van der Waals surface area contributed by atoms with Gasteiger partial charge in [0.2, 0.25) is 0 Å². The monoisotopic (exact) mass is 255 g/mol. The van der Waals surface area contributed by atoms with Crippen LogP contribution in [-0.2, 0) is 5.54 Å². The van der Waals surface area contributed by atoms with Gasteiger partial charge in [0.1, 0.15) is 5.75 Å². The third kappa shape index (κ3) is 2.21. The molecule has 0 unspecified atom stereocenters. The smallest absolute Gasteiger partial charge is 0.267 e. The fraction of sp³-hybridized carbons (Fsp3) is 0.571. The largest absolute Gasteiger partial charge is 0.496 e. The number of nitrogens with two attached hydrogens (primary N) is 1. The molecule has 1 aromatic rings. The molecule has 2 N–H and O–H groups in total. The molecule has 4 heteroatoms. The summed E-state index contributed by atoms with van der Waals surface area (Å²) in [6.07, 6.45) is 1.20. The van der Waals surface area contributed by atoms with Gasteiger partial charge >= 0.3 is 0 Å². The number of alkyl halides is 2. The SMILES string of the molecule is COc1c(C(F)F)cc(C)cc1C1(N)CCCC1. The fourth-order valence-corrected chi connectivity index (χ4v) is 2.84. The molecule has 0 amide bonds. The molecular weight excluding hydrogens is 236 g/mol. The molecule has 100 valence electrons. The van der Waals surface area contributed by atoms with Crippen LogP contribution in [0.4, 0.5) is 8.78 Å². The van der Waals surface area contributed by atoms with Crippen LogP contribution in [0.3, 0.4) is 0 Å². The third-order valence-electron chi connectivity index (χ3n) is 3.73. The number of benzene rings is 1. The normalized spacial score (nSPS) is 18.3. The second kappa shape index (κ2) is 4.84. The Balaban J connectivity index is 2.58. The number of aryl methyl sites for hydroxylation is 1. The number of hydrogen-bond donors (Lipinski definition) is 1. The number of methoxy groups -OCH3 is 1. The van der Waals surface area contributed by atoms with E-state index in [4.69, 9.17) is 10.5 Å². The summed E-state index contributed by atoms with van der Waals surface area (Å²) in [5.41, 5.74) is 7.34. The molecule has 1 aliphatic carbocycles. The predicted octanol–water partition coefficient (Wildman–Crippen LogP) is 3.67. The quantitative estimate of drug-likeness (QED) is 0.894. The minimum absolute atomic E-state index is 0.0516. The van der Waals surface area contributed by atoms with E-state index in [1.165, 1.54) is 13.2 Å². The van der Waals surface area contributed by atoms with E-state index in [2.05, 4.69) is 0 Å². The van der Waals surface area contributed by atoms with E-state index in [9.17, 15) is 8.78 Å². The Hall–Kier alpha value is -1.16. The summed E-state index contributed by atoms with van der Waals surface area (Å²) in [6.45, 7) is 1.81. The van der Waals surface area contributed by atoms with Gasteiger partial charge in [0.15, 0.2) is 0 Å². The first-order valence-electron chi connectivity index (χ1n) is 6.24. The van der Waals surface area contributed by atoms with Gasteiger partial charge in [-0.25, -0.2) is 8.78 Å². The molecule has 1 fully saturated rings. The standard InChI is InChI=1S/C14H19F2NO/c1-9-7-10(13(15)16)12(18-2)11(8-9)14(17)5-3-4-6-14/h7-8,13H,3-6,17H2,1-2H3. The van der Waals surface area contributed by atoms with Crippen molar-refractivity contribution in [2.45, 2.75) is 44.6 Å². The van der Waals surface area contributed by atoms with Gasteiger partial charge in [-0.05, 0) is 25.8 Å². The van der Waals surface area contributed by atoms with Crippen molar-refractivity contribution in [2.24, 2.45) is 5.73 Å². The fourth-order valence-electron chi connectivity index (χ4n) is 2.84. The van der Waals surface area contributed by atoms with Gasteiger partial charge in [-0.1, -0.05) is 24.5 Å². The highest BCUT2D eigenvalue weighted by Gasteiger charge is 2.35. The average Bonchev–Trinajstić information content (AvgIpc) is 2.76. The number of halogens is 2. The first-order chi connectivity index (χ1) is 8.48. The highest BCUT2D eigenvalue weighted by molar-refractivity contribution is 5.49. The topological polar surface area (TPSA) is 35.2 Å². The van der Waals surface area contributed by atoms with Gasteiger partial charge in [0, 0.05) is 11.1 Å². The van der Waals surface area contributed by atoms with Crippen molar-refractivity contribution in [2.75, 3.05) is 7.11 Å². The molecule has 0 atom stereocenters. The number of ether oxygens (including phenoxy) is 1. The van der Waals surface area contributed by atoms with E-state index in [-0.39, 0.29) is 11.3 Å². The lowest BCUT2D eigenvalue weighted by Gasteiger charge is -2.28. The molecule has 18 heavy (non-hydrogen) atoms. The maximum Gasteiger partial charge on any atom is 0.267 e. The Kier molecular flexibility index (Phi) is 3.57. The summed E-state index contributed by atoms with van der Waals surface area (Å²) in [5, 5.41) is 0. The average molecular weight is 255 g/mol. The molecule has 0 saturated heterocycles.